The van der Waals surface area contributed by atoms with Crippen molar-refractivity contribution >= 4 is 27.3 Å². The van der Waals surface area contributed by atoms with Gasteiger partial charge in [0.2, 0.25) is 0 Å². The van der Waals surface area contributed by atoms with Gasteiger partial charge in [0.25, 0.3) is 0 Å². The van der Waals surface area contributed by atoms with Gasteiger partial charge in [0.1, 0.15) is 5.82 Å². The van der Waals surface area contributed by atoms with E-state index in [2.05, 4.69) is 15.9 Å². The van der Waals surface area contributed by atoms with Crippen LogP contribution < -0.4 is 5.73 Å². The van der Waals surface area contributed by atoms with E-state index in [1.165, 1.54) is 17.4 Å². The third kappa shape index (κ3) is 3.16. The summed E-state index contributed by atoms with van der Waals surface area (Å²) in [4.78, 5) is 0. The van der Waals surface area contributed by atoms with Crippen molar-refractivity contribution in [1.29, 1.82) is 0 Å². The fourth-order valence-electron chi connectivity index (χ4n) is 1.63. The fraction of sp³-hybridized carbons (Fsp3) is 0.167. The first-order chi connectivity index (χ1) is 8.79. The molecule has 0 aliphatic carbocycles. The van der Waals surface area contributed by atoms with E-state index in [-0.39, 0.29) is 5.56 Å². The Morgan fingerprint density at radius 2 is 1.84 bits per heavy atom. The molecule has 1 nitrogen and oxygen atoms in total. The Morgan fingerprint density at radius 3 is 2.37 bits per heavy atom. The van der Waals surface area contributed by atoms with Crippen molar-refractivity contribution in [3.8, 4) is 0 Å². The molecule has 0 aliphatic rings. The van der Waals surface area contributed by atoms with Crippen LogP contribution in [0.1, 0.15) is 22.7 Å². The van der Waals surface area contributed by atoms with Gasteiger partial charge in [0.15, 0.2) is 0 Å². The molecule has 1 unspecified atom stereocenters. The second kappa shape index (κ2) is 5.22. The summed E-state index contributed by atoms with van der Waals surface area (Å²) in [5.74, 6) is -1.30. The normalized spacial score (nSPS) is 13.6. The second-order valence-electron chi connectivity index (χ2n) is 3.90. The quantitative estimate of drug-likeness (QED) is 0.777. The molecule has 1 heterocycles. The Morgan fingerprint density at radius 1 is 1.16 bits per heavy atom. The van der Waals surface area contributed by atoms with Crippen LogP contribution in [0.2, 0.25) is 0 Å². The van der Waals surface area contributed by atoms with E-state index in [1.54, 1.807) is 11.4 Å². The van der Waals surface area contributed by atoms with E-state index in [1.807, 2.05) is 0 Å². The van der Waals surface area contributed by atoms with Gasteiger partial charge in [-0.25, -0.2) is 4.39 Å². The molecule has 1 aromatic carbocycles. The number of rotatable bonds is 2. The number of nitrogens with two attached hydrogens (primary N) is 1. The van der Waals surface area contributed by atoms with E-state index in [4.69, 9.17) is 5.73 Å². The number of hydrogen-bond acceptors (Lipinski definition) is 2. The summed E-state index contributed by atoms with van der Waals surface area (Å²) in [6, 6.07) is 3.82. The van der Waals surface area contributed by atoms with E-state index in [0.717, 1.165) is 15.9 Å². The van der Waals surface area contributed by atoms with Crippen LogP contribution in [0.4, 0.5) is 17.6 Å². The lowest BCUT2D eigenvalue weighted by Crippen LogP contribution is -2.14. The van der Waals surface area contributed by atoms with Crippen molar-refractivity contribution in [3.63, 3.8) is 0 Å². The molecule has 19 heavy (non-hydrogen) atoms. The topological polar surface area (TPSA) is 26.0 Å². The number of benzene rings is 1. The van der Waals surface area contributed by atoms with Crippen LogP contribution in [0, 0.1) is 5.82 Å². The predicted octanol–water partition coefficient (Wildman–Crippen LogP) is 4.72. The van der Waals surface area contributed by atoms with Crippen molar-refractivity contribution in [3.05, 3.63) is 55.9 Å². The highest BCUT2D eigenvalue weighted by Gasteiger charge is 2.34. The largest absolute Gasteiger partial charge is 0.419 e. The molecule has 0 saturated carbocycles. The lowest BCUT2D eigenvalue weighted by Gasteiger charge is -2.14. The average Bonchev–Trinajstić information content (AvgIpc) is 2.74. The summed E-state index contributed by atoms with van der Waals surface area (Å²) in [5, 5.41) is 1.74. The minimum atomic E-state index is -4.73. The van der Waals surface area contributed by atoms with Gasteiger partial charge in [-0.15, -0.1) is 11.3 Å². The van der Waals surface area contributed by atoms with Gasteiger partial charge >= 0.3 is 6.18 Å². The Hall–Kier alpha value is -0.920. The highest BCUT2D eigenvalue weighted by atomic mass is 79.9. The van der Waals surface area contributed by atoms with Crippen LogP contribution in [0.15, 0.2) is 33.4 Å². The molecule has 0 bridgehead atoms. The van der Waals surface area contributed by atoms with Gasteiger partial charge in [0.05, 0.1) is 15.4 Å². The van der Waals surface area contributed by atoms with E-state index in [9.17, 15) is 17.6 Å². The first kappa shape index (κ1) is 14.5. The van der Waals surface area contributed by atoms with Gasteiger partial charge in [-0.2, -0.15) is 13.2 Å². The van der Waals surface area contributed by atoms with E-state index < -0.39 is 23.6 Å². The molecule has 0 radical (unpaired) electrons. The van der Waals surface area contributed by atoms with Crippen LogP contribution in [0.25, 0.3) is 0 Å². The monoisotopic (exact) mass is 353 g/mol. The molecular formula is C12H8BrF4NS. The SMILES string of the molecule is NC(c1csc(Br)c1)c1ccc(F)c(C(F)(F)F)c1. The molecule has 0 amide bonds. The molecule has 7 heteroatoms. The minimum Gasteiger partial charge on any atom is -0.320 e. The third-order valence-corrected chi connectivity index (χ3v) is 4.12. The second-order valence-corrected chi connectivity index (χ2v) is 6.19. The maximum absolute atomic E-state index is 13.2. The molecule has 0 aliphatic heterocycles. The van der Waals surface area contributed by atoms with Gasteiger partial charge < -0.3 is 5.73 Å². The van der Waals surface area contributed by atoms with Gasteiger partial charge in [0, 0.05) is 0 Å². The number of hydrogen-bond donors (Lipinski definition) is 1. The number of alkyl halides is 3. The Bertz CT molecular complexity index is 594. The molecule has 2 N–H and O–H groups in total. The molecule has 0 fully saturated rings. The van der Waals surface area contributed by atoms with E-state index >= 15 is 0 Å². The van der Waals surface area contributed by atoms with Gasteiger partial charge in [-0.05, 0) is 50.6 Å². The standard InChI is InChI=1S/C12H8BrF4NS/c13-10-4-7(5-19-10)11(18)6-1-2-9(14)8(3-6)12(15,16)17/h1-5,11H,18H2. The van der Waals surface area contributed by atoms with Crippen molar-refractivity contribution in [2.24, 2.45) is 5.73 Å². The predicted molar refractivity (Wildman–Crippen MR) is 69.5 cm³/mol. The molecule has 102 valence electrons. The Kier molecular flexibility index (Phi) is 3.98. The zero-order valence-corrected chi connectivity index (χ0v) is 11.7. The highest BCUT2D eigenvalue weighted by Crippen LogP contribution is 2.34. The van der Waals surface area contributed by atoms with Crippen molar-refractivity contribution in [1.82, 2.24) is 0 Å². The summed E-state index contributed by atoms with van der Waals surface area (Å²) in [5.41, 5.74) is 5.49. The third-order valence-electron chi connectivity index (χ3n) is 2.60. The Labute approximate surface area is 119 Å². The summed E-state index contributed by atoms with van der Waals surface area (Å²) in [7, 11) is 0. The van der Waals surface area contributed by atoms with Gasteiger partial charge in [-0.3, -0.25) is 0 Å². The van der Waals surface area contributed by atoms with Gasteiger partial charge in [-0.1, -0.05) is 6.07 Å². The summed E-state index contributed by atoms with van der Waals surface area (Å²) in [6.07, 6.45) is -4.73. The number of halogens is 5. The molecule has 0 saturated heterocycles. The lowest BCUT2D eigenvalue weighted by atomic mass is 10.00. The first-order valence-corrected chi connectivity index (χ1v) is 6.82. The van der Waals surface area contributed by atoms with E-state index in [0.29, 0.717) is 5.56 Å². The summed E-state index contributed by atoms with van der Waals surface area (Å²) < 4.78 is 51.8. The van der Waals surface area contributed by atoms with Crippen LogP contribution in [-0.4, -0.2) is 0 Å². The minimum absolute atomic E-state index is 0.221. The Balaban J connectivity index is 2.41. The zero-order chi connectivity index (χ0) is 14.2. The molecule has 2 aromatic rings. The smallest absolute Gasteiger partial charge is 0.320 e. The number of thiophene rings is 1. The van der Waals surface area contributed by atoms with Crippen LogP contribution >= 0.6 is 27.3 Å². The summed E-state index contributed by atoms with van der Waals surface area (Å²) in [6.45, 7) is 0. The molecule has 2 rings (SSSR count). The first-order valence-electron chi connectivity index (χ1n) is 5.15. The summed E-state index contributed by atoms with van der Waals surface area (Å²) >= 11 is 4.63. The van der Waals surface area contributed by atoms with Crippen molar-refractivity contribution < 1.29 is 17.6 Å². The molecular weight excluding hydrogens is 346 g/mol. The average molecular weight is 354 g/mol. The lowest BCUT2D eigenvalue weighted by molar-refractivity contribution is -0.140. The van der Waals surface area contributed by atoms with Crippen molar-refractivity contribution in [2.75, 3.05) is 0 Å². The molecule has 0 spiro atoms. The highest BCUT2D eigenvalue weighted by molar-refractivity contribution is 9.11. The van der Waals surface area contributed by atoms with Crippen LogP contribution in [-0.2, 0) is 6.18 Å². The molecule has 1 atom stereocenters. The molecule has 1 aromatic heterocycles. The maximum atomic E-state index is 13.2. The fourth-order valence-corrected chi connectivity index (χ4v) is 2.84. The zero-order valence-electron chi connectivity index (χ0n) is 9.34. The maximum Gasteiger partial charge on any atom is 0.419 e. The van der Waals surface area contributed by atoms with Crippen LogP contribution in [0.3, 0.4) is 0 Å². The van der Waals surface area contributed by atoms with Crippen molar-refractivity contribution in [2.45, 2.75) is 12.2 Å². The van der Waals surface area contributed by atoms with Crippen LogP contribution in [0.5, 0.6) is 0 Å².